The molecule has 5 heteroatoms. The first-order valence-corrected chi connectivity index (χ1v) is 20.9. The monoisotopic (exact) mass is 902 g/mol. The molecule has 0 saturated carbocycles. The summed E-state index contributed by atoms with van der Waals surface area (Å²) in [6.07, 6.45) is 11.1. The van der Waals surface area contributed by atoms with Crippen LogP contribution in [0.2, 0.25) is 10.0 Å². The first-order valence-electron chi connectivity index (χ1n) is 18.9. The van der Waals surface area contributed by atoms with Crippen LogP contribution in [0.4, 0.5) is 0 Å². The second kappa shape index (κ2) is 20.5. The molecule has 0 aliphatic heterocycles. The average molecular weight is 906 g/mol. The molecule has 0 unspecified atom stereocenters. The number of hydrogen-bond donors (Lipinski definition) is 0. The van der Waals surface area contributed by atoms with Gasteiger partial charge >= 0.3 is 106 Å². The summed E-state index contributed by atoms with van der Waals surface area (Å²) in [5, 5.41) is 6.69. The fourth-order valence-electron chi connectivity index (χ4n) is 6.96. The fraction of sp³-hybridized carbons (Fsp3) is 0.192. The Labute approximate surface area is 377 Å². The van der Waals surface area contributed by atoms with Crippen molar-refractivity contribution in [3.63, 3.8) is 0 Å². The molecule has 0 radical (unpaired) electrons. The van der Waals surface area contributed by atoms with Gasteiger partial charge in [-0.25, -0.2) is 12.2 Å². The maximum atomic E-state index is 6.20. The number of halogens is 4. The van der Waals surface area contributed by atoms with Gasteiger partial charge in [0.2, 0.25) is 0 Å². The van der Waals surface area contributed by atoms with Crippen molar-refractivity contribution in [1.29, 1.82) is 0 Å². The van der Waals surface area contributed by atoms with Gasteiger partial charge in [0.15, 0.2) is 0 Å². The van der Waals surface area contributed by atoms with Gasteiger partial charge in [-0.15, -0.1) is 46.2 Å². The van der Waals surface area contributed by atoms with Crippen LogP contribution in [0.25, 0.3) is 43.8 Å². The Balaban J connectivity index is 0.000000270. The second-order valence-electron chi connectivity index (χ2n) is 16.1. The predicted molar refractivity (Wildman–Crippen MR) is 238 cm³/mol. The van der Waals surface area contributed by atoms with Crippen LogP contribution in [-0.4, -0.2) is 3.21 Å². The van der Waals surface area contributed by atoms with Gasteiger partial charge in [-0.3, -0.25) is 6.08 Å². The van der Waals surface area contributed by atoms with Crippen LogP contribution in [-0.2, 0) is 41.5 Å². The molecule has 7 aromatic carbocycles. The number of rotatable bonds is 5. The van der Waals surface area contributed by atoms with Crippen molar-refractivity contribution in [3.8, 4) is 22.3 Å². The van der Waals surface area contributed by atoms with Crippen LogP contribution in [0, 0.1) is 6.08 Å². The zero-order chi connectivity index (χ0) is 39.2. The average Bonchev–Trinajstić information content (AvgIpc) is 3.87. The molecular weight excluding hydrogens is 858 g/mol. The minimum absolute atomic E-state index is 0. The van der Waals surface area contributed by atoms with Crippen molar-refractivity contribution in [2.75, 3.05) is 0 Å². The van der Waals surface area contributed by atoms with E-state index in [-0.39, 0.29) is 35.6 Å². The SMILES string of the molecule is CC(C)(C)c1cc2c(cc1-c1ccc(Cl)cc1)[cH-]c1cc(-c3ccc(Cl)cc3)c(C(C)(C)C)cc12.[C-]1=CC=CC1.[Cl-].[Cl-].[Zr+2]=[C](Cc1ccccc1)c1ccccc1. The van der Waals surface area contributed by atoms with E-state index in [0.29, 0.717) is 0 Å². The molecule has 57 heavy (non-hydrogen) atoms. The molecule has 0 saturated heterocycles. The van der Waals surface area contributed by atoms with E-state index in [2.05, 4.69) is 169 Å². The maximum absolute atomic E-state index is 6.20. The van der Waals surface area contributed by atoms with E-state index in [1.165, 1.54) is 93.5 Å². The van der Waals surface area contributed by atoms with Crippen molar-refractivity contribution in [1.82, 2.24) is 0 Å². The van der Waals surface area contributed by atoms with Crippen LogP contribution >= 0.6 is 23.2 Å². The van der Waals surface area contributed by atoms with Gasteiger partial charge in [0.05, 0.1) is 0 Å². The second-order valence-corrected chi connectivity index (χ2v) is 18.5. The number of benzene rings is 6. The molecule has 0 spiro atoms. The molecule has 0 heterocycles. The van der Waals surface area contributed by atoms with E-state index in [4.69, 9.17) is 23.2 Å². The zero-order valence-electron chi connectivity index (χ0n) is 33.4. The van der Waals surface area contributed by atoms with Gasteiger partial charge in [-0.1, -0.05) is 101 Å². The predicted octanol–water partition coefficient (Wildman–Crippen LogP) is 9.26. The third-order valence-electron chi connectivity index (χ3n) is 9.84. The molecule has 0 fully saturated rings. The Morgan fingerprint density at radius 1 is 0.614 bits per heavy atom. The Hall–Kier alpha value is -3.42. The molecule has 0 nitrogen and oxygen atoms in total. The van der Waals surface area contributed by atoms with Crippen molar-refractivity contribution in [2.24, 2.45) is 0 Å². The summed E-state index contributed by atoms with van der Waals surface area (Å²) in [6, 6.07) is 49.6. The molecule has 1 aliphatic carbocycles. The van der Waals surface area contributed by atoms with E-state index in [0.717, 1.165) is 22.9 Å². The van der Waals surface area contributed by atoms with E-state index in [9.17, 15) is 0 Å². The summed E-state index contributed by atoms with van der Waals surface area (Å²) in [7, 11) is 0. The summed E-state index contributed by atoms with van der Waals surface area (Å²) in [5.41, 5.74) is 10.4. The summed E-state index contributed by atoms with van der Waals surface area (Å²) < 4.78 is 1.51. The zero-order valence-corrected chi connectivity index (χ0v) is 38.9. The van der Waals surface area contributed by atoms with Gasteiger partial charge in [0, 0.05) is 10.0 Å². The molecule has 0 atom stereocenters. The minimum atomic E-state index is 0. The molecule has 0 bridgehead atoms. The third kappa shape index (κ3) is 12.1. The van der Waals surface area contributed by atoms with Gasteiger partial charge < -0.3 is 24.8 Å². The van der Waals surface area contributed by atoms with Gasteiger partial charge in [0.1, 0.15) is 0 Å². The Morgan fingerprint density at radius 2 is 1.05 bits per heavy atom. The number of hydrogen-bond acceptors (Lipinski definition) is 0. The topological polar surface area (TPSA) is 0 Å². The summed E-state index contributed by atoms with van der Waals surface area (Å²) >= 11 is 13.9. The molecule has 8 rings (SSSR count). The fourth-order valence-corrected chi connectivity index (χ4v) is 8.13. The Bertz CT molecular complexity index is 2310. The Kier molecular flexibility index (Phi) is 16.7. The van der Waals surface area contributed by atoms with Gasteiger partial charge in [-0.2, -0.15) is 6.08 Å². The summed E-state index contributed by atoms with van der Waals surface area (Å²) in [6.45, 7) is 13.7. The van der Waals surface area contributed by atoms with Crippen molar-refractivity contribution < 1.29 is 49.0 Å². The molecule has 0 amide bonds. The van der Waals surface area contributed by atoms with E-state index in [1.54, 1.807) is 0 Å². The van der Waals surface area contributed by atoms with Gasteiger partial charge in [0.25, 0.3) is 0 Å². The third-order valence-corrected chi connectivity index (χ3v) is 11.5. The van der Waals surface area contributed by atoms with Crippen LogP contribution in [0.1, 0.15) is 70.2 Å². The van der Waals surface area contributed by atoms with Crippen LogP contribution in [0.15, 0.2) is 158 Å². The molecule has 0 aromatic heterocycles. The number of fused-ring (bicyclic) bond motifs is 3. The van der Waals surface area contributed by atoms with Crippen molar-refractivity contribution >= 4 is 48.0 Å². The molecular formula is C52H48Cl4Zr-2. The van der Waals surface area contributed by atoms with Crippen LogP contribution in [0.5, 0.6) is 0 Å². The van der Waals surface area contributed by atoms with Crippen LogP contribution in [0.3, 0.4) is 0 Å². The summed E-state index contributed by atoms with van der Waals surface area (Å²) in [4.78, 5) is 0. The molecule has 7 aromatic rings. The Morgan fingerprint density at radius 3 is 1.42 bits per heavy atom. The summed E-state index contributed by atoms with van der Waals surface area (Å²) in [5.74, 6) is 0. The van der Waals surface area contributed by atoms with Crippen molar-refractivity contribution in [2.45, 2.75) is 65.2 Å². The number of allylic oxidation sites excluding steroid dienone is 4. The molecule has 1 aliphatic rings. The van der Waals surface area contributed by atoms with E-state index >= 15 is 0 Å². The first kappa shape index (κ1) is 46.3. The standard InChI is InChI=1S/C33H31Cl2.C14H12.C5H5.2ClH.Zr/c1-32(2,3)30-18-26-22(16-28(30)20-7-11-24(34)12-8-20)15-23-17-29(21-9-13-25(35)14-10-21)31(19-27(23)26)33(4,5)6;1-3-7-13(8-4-1)11-12-14-9-5-2-6-10-14;1-2-4-5-3-1;;;/h7-19H,1-6H3;1-10H,11H2;1-3H,4H2;2*1H;/q-1;;-1;;;+2/p-2. The quantitative estimate of drug-likeness (QED) is 0.151. The van der Waals surface area contributed by atoms with Gasteiger partial charge in [-0.05, 0) is 68.5 Å². The van der Waals surface area contributed by atoms with E-state index in [1.807, 2.05) is 36.4 Å². The molecule has 290 valence electrons. The van der Waals surface area contributed by atoms with Crippen LogP contribution < -0.4 is 24.8 Å². The first-order chi connectivity index (χ1) is 26.3. The molecule has 0 N–H and O–H groups in total. The van der Waals surface area contributed by atoms with Crippen molar-refractivity contribution in [3.05, 3.63) is 196 Å². The van der Waals surface area contributed by atoms with E-state index < -0.39 is 0 Å². The normalized spacial score (nSPS) is 11.9.